The van der Waals surface area contributed by atoms with Gasteiger partial charge in [0.1, 0.15) is 16.9 Å². The van der Waals surface area contributed by atoms with E-state index in [9.17, 15) is 14.4 Å². The van der Waals surface area contributed by atoms with Crippen LogP contribution in [0.25, 0.3) is 0 Å². The molecule has 0 bridgehead atoms. The molecule has 37 heavy (non-hydrogen) atoms. The van der Waals surface area contributed by atoms with Gasteiger partial charge in [0.05, 0.1) is 24.5 Å². The molecule has 9 nitrogen and oxygen atoms in total. The van der Waals surface area contributed by atoms with Crippen LogP contribution in [-0.2, 0) is 20.8 Å². The fraction of sp³-hybridized carbons (Fsp3) is 0.423. The number of carbonyl (C=O) groups is 3. The van der Waals surface area contributed by atoms with Crippen molar-refractivity contribution in [3.63, 3.8) is 0 Å². The van der Waals surface area contributed by atoms with Gasteiger partial charge in [-0.15, -0.1) is 0 Å². The van der Waals surface area contributed by atoms with Gasteiger partial charge < -0.3 is 14.2 Å². The molecule has 2 aromatic carbocycles. The Morgan fingerprint density at radius 1 is 0.892 bits per heavy atom. The van der Waals surface area contributed by atoms with E-state index in [1.165, 1.54) is 12.1 Å². The summed E-state index contributed by atoms with van der Waals surface area (Å²) in [6.07, 6.45) is -2.60. The average molecular weight is 582 g/mol. The minimum atomic E-state index is -0.983. The lowest BCUT2D eigenvalue weighted by atomic mass is 10.1. The molecule has 0 atom stereocenters. The van der Waals surface area contributed by atoms with Gasteiger partial charge in [0.15, 0.2) is 5.82 Å². The maximum Gasteiger partial charge on any atom is 0.415 e. The van der Waals surface area contributed by atoms with E-state index >= 15 is 4.39 Å². The highest BCUT2D eigenvalue weighted by Crippen LogP contribution is 2.35. The fourth-order valence-electron chi connectivity index (χ4n) is 3.02. The molecule has 0 unspecified atom stereocenters. The zero-order chi connectivity index (χ0) is 28.0. The molecule has 0 radical (unpaired) electrons. The van der Waals surface area contributed by atoms with E-state index in [0.717, 1.165) is 9.37 Å². The number of anilines is 3. The number of hydrogen-bond acceptors (Lipinski definition) is 6. The van der Waals surface area contributed by atoms with Crippen LogP contribution in [0, 0.1) is 5.82 Å². The number of benzene rings is 2. The van der Waals surface area contributed by atoms with Crippen LogP contribution in [0.5, 0.6) is 0 Å². The Bertz CT molecular complexity index is 1130. The second-order valence-corrected chi connectivity index (χ2v) is 10.9. The number of rotatable bonds is 6. The van der Waals surface area contributed by atoms with Crippen LogP contribution >= 0.6 is 15.9 Å². The molecule has 0 aliphatic rings. The summed E-state index contributed by atoms with van der Waals surface area (Å²) in [6.45, 7) is 11.7. The Balaban J connectivity index is 2.59. The molecular formula is C26H33BrFN3O6. The summed E-state index contributed by atoms with van der Waals surface area (Å²) in [5, 5.41) is 4.74. The maximum absolute atomic E-state index is 16.1. The monoisotopic (exact) mass is 581 g/mol. The quantitative estimate of drug-likeness (QED) is 0.343. The van der Waals surface area contributed by atoms with Crippen molar-refractivity contribution >= 4 is 51.3 Å². The molecule has 0 heterocycles. The van der Waals surface area contributed by atoms with Gasteiger partial charge in [-0.05, 0) is 78.3 Å². The second kappa shape index (κ2) is 12.3. The molecule has 2 rings (SSSR count). The van der Waals surface area contributed by atoms with Gasteiger partial charge in [0.2, 0.25) is 0 Å². The molecule has 0 saturated heterocycles. The minimum Gasteiger partial charge on any atom is -0.450 e. The van der Waals surface area contributed by atoms with E-state index in [1.807, 2.05) is 0 Å². The van der Waals surface area contributed by atoms with Crippen molar-refractivity contribution in [3.05, 3.63) is 52.3 Å². The van der Waals surface area contributed by atoms with E-state index in [1.54, 1.807) is 72.7 Å². The van der Waals surface area contributed by atoms with Crippen LogP contribution in [0.2, 0.25) is 0 Å². The molecule has 0 spiro atoms. The van der Waals surface area contributed by atoms with E-state index in [2.05, 4.69) is 26.6 Å². The zero-order valence-electron chi connectivity index (χ0n) is 22.0. The summed E-state index contributed by atoms with van der Waals surface area (Å²) in [6, 6.07) is 9.79. The van der Waals surface area contributed by atoms with Crippen molar-refractivity contribution in [2.45, 2.75) is 66.2 Å². The van der Waals surface area contributed by atoms with Crippen LogP contribution in [-0.4, -0.2) is 36.1 Å². The standard InChI is InChI=1S/C26H33BrFN3O6/c1-8-35-22(32)29-18-13-14-19(20(28)21(18)30-23(33)36-25(2,3)4)31(24(34)37-26(5,6)7)15-16-9-11-17(27)12-10-16/h9-14H,8,15H2,1-7H3,(H,29,32)(H,30,33). The summed E-state index contributed by atoms with van der Waals surface area (Å²) in [5.41, 5.74) is -1.69. The van der Waals surface area contributed by atoms with Gasteiger partial charge in [0, 0.05) is 4.47 Å². The Hall–Kier alpha value is -3.34. The number of ether oxygens (including phenoxy) is 3. The number of halogens is 2. The van der Waals surface area contributed by atoms with Crippen LogP contribution < -0.4 is 15.5 Å². The predicted molar refractivity (Wildman–Crippen MR) is 143 cm³/mol. The third kappa shape index (κ3) is 9.56. The first-order valence-electron chi connectivity index (χ1n) is 11.6. The zero-order valence-corrected chi connectivity index (χ0v) is 23.6. The Kier molecular flexibility index (Phi) is 9.91. The Labute approximate surface area is 224 Å². The van der Waals surface area contributed by atoms with E-state index in [-0.39, 0.29) is 24.5 Å². The molecule has 2 N–H and O–H groups in total. The van der Waals surface area contributed by atoms with E-state index in [4.69, 9.17) is 14.2 Å². The van der Waals surface area contributed by atoms with Crippen LogP contribution in [0.4, 0.5) is 35.8 Å². The fourth-order valence-corrected chi connectivity index (χ4v) is 3.28. The van der Waals surface area contributed by atoms with Crippen LogP contribution in [0.1, 0.15) is 54.0 Å². The number of carbonyl (C=O) groups excluding carboxylic acids is 3. The van der Waals surface area contributed by atoms with E-state index < -0.39 is 41.0 Å². The Morgan fingerprint density at radius 2 is 1.49 bits per heavy atom. The predicted octanol–water partition coefficient (Wildman–Crippen LogP) is 7.45. The number of hydrogen-bond donors (Lipinski definition) is 2. The van der Waals surface area contributed by atoms with Crippen molar-refractivity contribution in [3.8, 4) is 0 Å². The lowest BCUT2D eigenvalue weighted by molar-refractivity contribution is 0.0575. The summed E-state index contributed by atoms with van der Waals surface area (Å²) in [5.74, 6) is -0.983. The molecule has 0 aromatic heterocycles. The molecule has 2 aromatic rings. The first-order valence-corrected chi connectivity index (χ1v) is 12.4. The van der Waals surface area contributed by atoms with Crippen LogP contribution in [0.15, 0.2) is 40.9 Å². The minimum absolute atomic E-state index is 0.0321. The largest absolute Gasteiger partial charge is 0.450 e. The maximum atomic E-state index is 16.1. The van der Waals surface area contributed by atoms with Crippen molar-refractivity contribution in [1.82, 2.24) is 0 Å². The molecule has 0 fully saturated rings. The van der Waals surface area contributed by atoms with E-state index in [0.29, 0.717) is 5.56 Å². The van der Waals surface area contributed by atoms with Crippen LogP contribution in [0.3, 0.4) is 0 Å². The lowest BCUT2D eigenvalue weighted by Crippen LogP contribution is -2.37. The highest BCUT2D eigenvalue weighted by molar-refractivity contribution is 9.10. The first-order chi connectivity index (χ1) is 17.1. The highest BCUT2D eigenvalue weighted by atomic mass is 79.9. The summed E-state index contributed by atoms with van der Waals surface area (Å²) >= 11 is 3.37. The van der Waals surface area contributed by atoms with Crippen molar-refractivity contribution in [2.24, 2.45) is 0 Å². The normalized spacial score (nSPS) is 11.4. The molecule has 202 valence electrons. The summed E-state index contributed by atoms with van der Waals surface area (Å²) in [4.78, 5) is 38.9. The van der Waals surface area contributed by atoms with Gasteiger partial charge in [-0.2, -0.15) is 0 Å². The Morgan fingerprint density at radius 3 is 2.03 bits per heavy atom. The molecule has 0 saturated carbocycles. The average Bonchev–Trinajstić information content (AvgIpc) is 2.74. The topological polar surface area (TPSA) is 106 Å². The molecule has 3 amide bonds. The number of amides is 3. The molecule has 11 heteroatoms. The molecule has 0 aliphatic carbocycles. The SMILES string of the molecule is CCOC(=O)Nc1ccc(N(Cc2ccc(Br)cc2)C(=O)OC(C)(C)C)c(F)c1NC(=O)OC(C)(C)C. The van der Waals surface area contributed by atoms with Crippen molar-refractivity contribution in [1.29, 1.82) is 0 Å². The molecular weight excluding hydrogens is 549 g/mol. The summed E-state index contributed by atoms with van der Waals surface area (Å²) < 4.78 is 32.6. The van der Waals surface area contributed by atoms with Gasteiger partial charge in [-0.1, -0.05) is 28.1 Å². The highest BCUT2D eigenvalue weighted by Gasteiger charge is 2.29. The van der Waals surface area contributed by atoms with Gasteiger partial charge >= 0.3 is 18.3 Å². The number of nitrogens with one attached hydrogen (secondary N) is 2. The van der Waals surface area contributed by atoms with Gasteiger partial charge in [-0.25, -0.2) is 18.8 Å². The summed E-state index contributed by atoms with van der Waals surface area (Å²) in [7, 11) is 0. The van der Waals surface area contributed by atoms with Gasteiger partial charge in [-0.3, -0.25) is 15.5 Å². The first kappa shape index (κ1) is 29.9. The lowest BCUT2D eigenvalue weighted by Gasteiger charge is -2.29. The second-order valence-electron chi connectivity index (χ2n) is 9.99. The number of nitrogens with zero attached hydrogens (tertiary/aromatic N) is 1. The smallest absolute Gasteiger partial charge is 0.415 e. The third-order valence-electron chi connectivity index (χ3n) is 4.42. The van der Waals surface area contributed by atoms with Crippen molar-refractivity contribution < 1.29 is 33.0 Å². The van der Waals surface area contributed by atoms with Crippen molar-refractivity contribution in [2.75, 3.05) is 22.1 Å². The van der Waals surface area contributed by atoms with Gasteiger partial charge in [0.25, 0.3) is 0 Å². The third-order valence-corrected chi connectivity index (χ3v) is 4.95. The molecule has 0 aliphatic heterocycles.